The van der Waals surface area contributed by atoms with Crippen LogP contribution in [0, 0.1) is 6.92 Å². The normalized spacial score (nSPS) is 16.5. The minimum absolute atomic E-state index is 0.0640. The molecule has 1 fully saturated rings. The average Bonchev–Trinajstić information content (AvgIpc) is 3.55. The fourth-order valence-corrected chi connectivity index (χ4v) is 5.94. The summed E-state index contributed by atoms with van der Waals surface area (Å²) in [5.41, 5.74) is 4.88. The fourth-order valence-electron chi connectivity index (χ4n) is 5.61. The van der Waals surface area contributed by atoms with E-state index in [0.29, 0.717) is 11.7 Å². The first-order valence-corrected chi connectivity index (χ1v) is 14.0. The third-order valence-electron chi connectivity index (χ3n) is 7.58. The van der Waals surface area contributed by atoms with Crippen LogP contribution < -0.4 is 15.4 Å². The lowest BCUT2D eigenvalue weighted by Gasteiger charge is -2.29. The van der Waals surface area contributed by atoms with Crippen LogP contribution in [-0.4, -0.2) is 39.1 Å². The molecule has 7 nitrogen and oxygen atoms in total. The Labute approximate surface area is 244 Å². The average molecular weight is 562 g/mol. The molecule has 2 atom stereocenters. The SMILES string of the molecule is COc1ccc(-n2c(C)ccc2[C@H]2[C@H](c3ccccn3)NC(=S)N2CCC(=O)Nc2cccc3ccccc23)cc1. The van der Waals surface area contributed by atoms with E-state index < -0.39 is 0 Å². The number of hydrogen-bond donors (Lipinski definition) is 2. The maximum absolute atomic E-state index is 13.2. The van der Waals surface area contributed by atoms with Crippen LogP contribution in [0.4, 0.5) is 5.69 Å². The summed E-state index contributed by atoms with van der Waals surface area (Å²) in [4.78, 5) is 20.0. The van der Waals surface area contributed by atoms with Gasteiger partial charge in [-0.25, -0.2) is 0 Å². The number of nitrogens with one attached hydrogen (secondary N) is 2. The molecule has 6 rings (SSSR count). The number of fused-ring (bicyclic) bond motifs is 1. The van der Waals surface area contributed by atoms with Gasteiger partial charge in [-0.1, -0.05) is 42.5 Å². The van der Waals surface area contributed by atoms with Gasteiger partial charge in [-0.2, -0.15) is 0 Å². The zero-order valence-corrected chi connectivity index (χ0v) is 23.8. The van der Waals surface area contributed by atoms with Crippen molar-refractivity contribution in [1.82, 2.24) is 19.8 Å². The molecular formula is C33H31N5O2S. The number of pyridine rings is 1. The predicted molar refractivity (Wildman–Crippen MR) is 166 cm³/mol. The van der Waals surface area contributed by atoms with Crippen molar-refractivity contribution in [3.05, 3.63) is 120 Å². The highest BCUT2D eigenvalue weighted by Crippen LogP contribution is 2.40. The number of aryl methyl sites for hydroxylation is 1. The molecule has 0 unspecified atom stereocenters. The second-order valence-corrected chi connectivity index (χ2v) is 10.5. The molecule has 206 valence electrons. The van der Waals surface area contributed by atoms with Crippen LogP contribution in [0.25, 0.3) is 16.5 Å². The van der Waals surface area contributed by atoms with E-state index in [0.717, 1.165) is 45.0 Å². The van der Waals surface area contributed by atoms with Gasteiger partial charge in [0.15, 0.2) is 5.11 Å². The van der Waals surface area contributed by atoms with Gasteiger partial charge in [0.25, 0.3) is 0 Å². The summed E-state index contributed by atoms with van der Waals surface area (Å²) >= 11 is 5.87. The highest BCUT2D eigenvalue weighted by Gasteiger charge is 2.41. The number of carbonyl (C=O) groups is 1. The van der Waals surface area contributed by atoms with Crippen molar-refractivity contribution in [2.24, 2.45) is 0 Å². The third-order valence-corrected chi connectivity index (χ3v) is 7.93. The molecule has 41 heavy (non-hydrogen) atoms. The van der Waals surface area contributed by atoms with Crippen molar-refractivity contribution < 1.29 is 9.53 Å². The van der Waals surface area contributed by atoms with E-state index in [1.165, 1.54) is 0 Å². The molecule has 1 amide bonds. The fraction of sp³-hybridized carbons (Fsp3) is 0.182. The molecule has 0 aliphatic carbocycles. The first-order valence-electron chi connectivity index (χ1n) is 13.6. The molecule has 8 heteroatoms. The monoisotopic (exact) mass is 561 g/mol. The number of ether oxygens (including phenoxy) is 1. The molecule has 3 aromatic carbocycles. The number of amides is 1. The van der Waals surface area contributed by atoms with Crippen molar-refractivity contribution in [2.75, 3.05) is 19.0 Å². The number of thiocarbonyl (C=S) groups is 1. The van der Waals surface area contributed by atoms with Gasteiger partial charge in [0, 0.05) is 47.3 Å². The Balaban J connectivity index is 1.31. The van der Waals surface area contributed by atoms with Crippen molar-refractivity contribution in [1.29, 1.82) is 0 Å². The van der Waals surface area contributed by atoms with E-state index in [1.807, 2.05) is 84.9 Å². The van der Waals surface area contributed by atoms with Gasteiger partial charge in [0.05, 0.1) is 24.9 Å². The van der Waals surface area contributed by atoms with E-state index in [1.54, 1.807) is 13.3 Å². The van der Waals surface area contributed by atoms with E-state index in [2.05, 4.69) is 44.1 Å². The second-order valence-electron chi connectivity index (χ2n) is 10.1. The Kier molecular flexibility index (Phi) is 7.39. The third kappa shape index (κ3) is 5.26. The summed E-state index contributed by atoms with van der Waals surface area (Å²) in [6.45, 7) is 2.54. The zero-order chi connectivity index (χ0) is 28.3. The van der Waals surface area contributed by atoms with Gasteiger partial charge in [0.2, 0.25) is 5.91 Å². The summed E-state index contributed by atoms with van der Waals surface area (Å²) in [7, 11) is 1.66. The van der Waals surface area contributed by atoms with Crippen LogP contribution >= 0.6 is 12.2 Å². The summed E-state index contributed by atoms with van der Waals surface area (Å²) in [5.74, 6) is 0.736. The Morgan fingerprint density at radius 3 is 2.54 bits per heavy atom. The van der Waals surface area contributed by atoms with E-state index in [4.69, 9.17) is 17.0 Å². The van der Waals surface area contributed by atoms with Crippen LogP contribution in [0.2, 0.25) is 0 Å². The summed E-state index contributed by atoms with van der Waals surface area (Å²) in [6.07, 6.45) is 2.07. The molecule has 2 aromatic heterocycles. The minimum Gasteiger partial charge on any atom is -0.497 e. The second kappa shape index (κ2) is 11.4. The highest BCUT2D eigenvalue weighted by molar-refractivity contribution is 7.80. The van der Waals surface area contributed by atoms with Crippen LogP contribution in [0.5, 0.6) is 5.75 Å². The molecule has 1 aliphatic heterocycles. The van der Waals surface area contributed by atoms with Crippen molar-refractivity contribution in [3.63, 3.8) is 0 Å². The molecule has 0 bridgehead atoms. The quantitative estimate of drug-likeness (QED) is 0.215. The lowest BCUT2D eigenvalue weighted by molar-refractivity contribution is -0.116. The number of anilines is 1. The van der Waals surface area contributed by atoms with Crippen LogP contribution in [0.3, 0.4) is 0 Å². The van der Waals surface area contributed by atoms with E-state index in [9.17, 15) is 4.79 Å². The summed E-state index contributed by atoms with van der Waals surface area (Å²) < 4.78 is 7.62. The Morgan fingerprint density at radius 2 is 1.76 bits per heavy atom. The van der Waals surface area contributed by atoms with Crippen LogP contribution in [0.15, 0.2) is 103 Å². The van der Waals surface area contributed by atoms with Gasteiger partial charge >= 0.3 is 0 Å². The number of benzene rings is 3. The maximum atomic E-state index is 13.2. The van der Waals surface area contributed by atoms with E-state index in [-0.39, 0.29) is 24.4 Å². The molecule has 1 aliphatic rings. The number of methoxy groups -OCH3 is 1. The number of aromatic nitrogens is 2. The van der Waals surface area contributed by atoms with E-state index >= 15 is 0 Å². The summed E-state index contributed by atoms with van der Waals surface area (Å²) in [5, 5.41) is 9.32. The first kappa shape index (κ1) is 26.5. The predicted octanol–water partition coefficient (Wildman–Crippen LogP) is 6.34. The minimum atomic E-state index is -0.184. The highest BCUT2D eigenvalue weighted by atomic mass is 32.1. The van der Waals surface area contributed by atoms with Crippen LogP contribution in [0.1, 0.15) is 35.6 Å². The van der Waals surface area contributed by atoms with Gasteiger partial charge in [0.1, 0.15) is 5.75 Å². The molecule has 0 spiro atoms. The van der Waals surface area contributed by atoms with Gasteiger partial charge < -0.3 is 24.8 Å². The molecular weight excluding hydrogens is 530 g/mol. The largest absolute Gasteiger partial charge is 0.497 e. The molecule has 0 saturated carbocycles. The number of carbonyl (C=O) groups excluding carboxylic acids is 1. The lowest BCUT2D eigenvalue weighted by atomic mass is 10.0. The van der Waals surface area contributed by atoms with Crippen molar-refractivity contribution >= 4 is 39.7 Å². The molecule has 3 heterocycles. The number of hydrogen-bond acceptors (Lipinski definition) is 4. The maximum Gasteiger partial charge on any atom is 0.226 e. The van der Waals surface area contributed by atoms with Crippen molar-refractivity contribution in [2.45, 2.75) is 25.4 Å². The molecule has 1 saturated heterocycles. The molecule has 0 radical (unpaired) electrons. The summed E-state index contributed by atoms with van der Waals surface area (Å²) in [6, 6.07) is 31.8. The molecule has 2 N–H and O–H groups in total. The zero-order valence-electron chi connectivity index (χ0n) is 23.0. The van der Waals surface area contributed by atoms with Gasteiger partial charge in [-0.05, 0) is 79.1 Å². The Morgan fingerprint density at radius 1 is 0.976 bits per heavy atom. The van der Waals surface area contributed by atoms with Gasteiger partial charge in [-0.15, -0.1) is 0 Å². The lowest BCUT2D eigenvalue weighted by Crippen LogP contribution is -2.33. The first-order chi connectivity index (χ1) is 20.0. The number of rotatable bonds is 8. The van der Waals surface area contributed by atoms with Gasteiger partial charge in [-0.3, -0.25) is 9.78 Å². The Bertz CT molecular complexity index is 1700. The van der Waals surface area contributed by atoms with Crippen LogP contribution in [-0.2, 0) is 4.79 Å². The standard InChI is InChI=1S/C33H31N5O2S/c1-22-13-18-29(38(22)24-14-16-25(40-2)17-15-24)32-31(28-11-5-6-20-34-28)36-33(41)37(32)21-19-30(39)35-27-12-7-9-23-8-3-4-10-26(23)27/h3-18,20,31-32H,19,21H2,1-2H3,(H,35,39)(H,36,41)/t31-,32-/m0/s1. The topological polar surface area (TPSA) is 71.4 Å². The number of nitrogens with zero attached hydrogens (tertiary/aromatic N) is 3. The smallest absolute Gasteiger partial charge is 0.226 e. The Hall–Kier alpha value is -4.69. The van der Waals surface area contributed by atoms with Crippen molar-refractivity contribution in [3.8, 4) is 11.4 Å². The molecule has 5 aromatic rings.